The molecular formula is C38H52Al2Si2Sm-2. The van der Waals surface area contributed by atoms with Crippen molar-refractivity contribution in [2.45, 2.75) is 81.8 Å². The predicted octanol–water partition coefficient (Wildman–Crippen LogP) is 11.4. The fourth-order valence-electron chi connectivity index (χ4n) is 10.6. The predicted molar refractivity (Wildman–Crippen MR) is 199 cm³/mol. The molecule has 0 radical (unpaired) electrons. The fraction of sp³-hybridized carbons (Fsp3) is 0.368. The van der Waals surface area contributed by atoms with Gasteiger partial charge in [0.05, 0.1) is 0 Å². The van der Waals surface area contributed by atoms with Crippen LogP contribution in [-0.2, 0) is 7.80 Å². The summed E-state index contributed by atoms with van der Waals surface area (Å²) in [6, 6.07) is 36.7. The van der Waals surface area contributed by atoms with E-state index in [9.17, 15) is 0 Å². The first-order valence-electron chi connectivity index (χ1n) is 16.4. The van der Waals surface area contributed by atoms with Crippen molar-refractivity contribution in [3.05, 3.63) is 119 Å². The second-order valence-corrected chi connectivity index (χ2v) is 41.4. The SMILES string of the molecule is [CH3][Al-]([CH3])([CH3])[C]1([Si](C)(C)C)c2ccccc2-c2ccccc21.[CH3][Al-]([CH3])([CH3])[C]1([Si](C)(C)C)c2ccccc2-c2ccccc21.[Sm]. The molecule has 2 aliphatic carbocycles. The summed E-state index contributed by atoms with van der Waals surface area (Å²) >= 11 is -3.56. The standard InChI is InChI=1S/2C16H17Si.6CH3.2Al.Sm/c2*1-17(2,3)16-14-10-6-4-8-12(14)13-9-5-7-11-15(13)16;;;;;;;;;/h2*4-11H,1-3H3;6*1H3;;;/q;;;;;;;;2*-1;. The summed E-state index contributed by atoms with van der Waals surface area (Å²) in [6.07, 6.45) is 0. The summed E-state index contributed by atoms with van der Waals surface area (Å²) < 4.78 is 0.681. The van der Waals surface area contributed by atoms with E-state index in [2.05, 4.69) is 171 Å². The van der Waals surface area contributed by atoms with E-state index in [0.29, 0.717) is 7.80 Å². The van der Waals surface area contributed by atoms with Gasteiger partial charge in [-0.2, -0.15) is 0 Å². The number of hydrogen-bond acceptors (Lipinski definition) is 0. The van der Waals surface area contributed by atoms with Gasteiger partial charge in [0.15, 0.2) is 0 Å². The minimum atomic E-state index is -1.78. The maximum absolute atomic E-state index is 2.59. The first-order chi connectivity index (χ1) is 19.4. The molecule has 43 heavy (non-hydrogen) atoms. The molecule has 0 spiro atoms. The zero-order valence-corrected chi connectivity index (χ0v) is 35.7. The summed E-state index contributed by atoms with van der Waals surface area (Å²) in [5, 5.41) is 0. The molecule has 0 unspecified atom stereocenters. The normalized spacial score (nSPS) is 16.1. The summed E-state index contributed by atoms with van der Waals surface area (Å²) in [6.45, 7) is 15.4. The van der Waals surface area contributed by atoms with Gasteiger partial charge in [0.1, 0.15) is 26.2 Å². The Kier molecular flexibility index (Phi) is 9.98. The van der Waals surface area contributed by atoms with Gasteiger partial charge in [0.25, 0.3) is 0 Å². The van der Waals surface area contributed by atoms with Crippen molar-refractivity contribution >= 4 is 42.3 Å². The Morgan fingerprint density at radius 1 is 0.372 bits per heavy atom. The molecule has 0 N–H and O–H groups in total. The molecule has 2 aliphatic rings. The molecule has 0 nitrogen and oxygen atoms in total. The van der Waals surface area contributed by atoms with Gasteiger partial charge in [0.2, 0.25) is 0 Å². The van der Waals surface area contributed by atoms with Gasteiger partial charge >= 0.3 is 0 Å². The molecule has 0 saturated carbocycles. The Labute approximate surface area is 302 Å². The summed E-state index contributed by atoms with van der Waals surface area (Å²) in [4.78, 5) is 0. The molecule has 0 aliphatic heterocycles. The molecule has 0 bridgehead atoms. The molecule has 226 valence electrons. The molecule has 4 aromatic carbocycles. The van der Waals surface area contributed by atoms with Gasteiger partial charge in [-0.25, -0.2) is 34.7 Å². The maximum Gasteiger partial charge on any atom is 0.140 e. The van der Waals surface area contributed by atoms with Crippen molar-refractivity contribution in [1.29, 1.82) is 0 Å². The number of benzene rings is 4. The maximum atomic E-state index is 2.59. The molecule has 0 fully saturated rings. The number of hydrogen-bond donors (Lipinski definition) is 0. The second kappa shape index (κ2) is 12.1. The van der Waals surface area contributed by atoms with E-state index in [1.54, 1.807) is 22.3 Å². The van der Waals surface area contributed by atoms with Crippen LogP contribution in [0.15, 0.2) is 97.1 Å². The van der Waals surface area contributed by atoms with Crippen molar-refractivity contribution in [1.82, 2.24) is 0 Å². The van der Waals surface area contributed by atoms with Crippen molar-refractivity contribution in [2.24, 2.45) is 0 Å². The van der Waals surface area contributed by atoms with Crippen LogP contribution in [0.2, 0.25) is 74.0 Å². The van der Waals surface area contributed by atoms with Crippen LogP contribution in [0.5, 0.6) is 0 Å². The van der Waals surface area contributed by atoms with Crippen molar-refractivity contribution in [2.75, 3.05) is 0 Å². The summed E-state index contributed by atoms with van der Waals surface area (Å²) in [7, 11) is -2.88. The Bertz CT molecular complexity index is 1390. The summed E-state index contributed by atoms with van der Waals surface area (Å²) in [5.74, 6) is 15.5. The smallest absolute Gasteiger partial charge is 0.140 e. The van der Waals surface area contributed by atoms with E-state index in [0.717, 1.165) is 0 Å². The molecule has 0 amide bonds. The van der Waals surface area contributed by atoms with E-state index in [4.69, 9.17) is 0 Å². The third kappa shape index (κ3) is 5.27. The van der Waals surface area contributed by atoms with E-state index in [1.165, 1.54) is 22.3 Å². The minimum absolute atomic E-state index is 0. The first-order valence-corrected chi connectivity index (χ1v) is 31.4. The van der Waals surface area contributed by atoms with Crippen molar-refractivity contribution in [3.63, 3.8) is 0 Å². The molecule has 0 heterocycles. The quantitative estimate of drug-likeness (QED) is 0.181. The van der Waals surface area contributed by atoms with Gasteiger partial charge in [-0.05, 0) is 22.3 Å². The van der Waals surface area contributed by atoms with Crippen LogP contribution in [0.4, 0.5) is 0 Å². The van der Waals surface area contributed by atoms with Crippen LogP contribution in [0.25, 0.3) is 22.3 Å². The monoisotopic (exact) mass is 770 g/mol. The van der Waals surface area contributed by atoms with Gasteiger partial charge < -0.3 is 0 Å². The van der Waals surface area contributed by atoms with Crippen molar-refractivity contribution in [3.8, 4) is 22.3 Å². The van der Waals surface area contributed by atoms with Crippen LogP contribution in [-0.4, -0.2) is 42.3 Å². The average Bonchev–Trinajstić information content (AvgIpc) is 3.38. The van der Waals surface area contributed by atoms with E-state index < -0.39 is 42.3 Å². The van der Waals surface area contributed by atoms with E-state index in [-0.39, 0.29) is 40.4 Å². The first kappa shape index (κ1) is 35.6. The van der Waals surface area contributed by atoms with Crippen LogP contribution in [0.1, 0.15) is 22.3 Å². The number of fused-ring (bicyclic) bond motifs is 6. The molecule has 0 aromatic heterocycles. The Morgan fingerprint density at radius 3 is 0.721 bits per heavy atom. The van der Waals surface area contributed by atoms with Gasteiger partial charge in [0, 0.05) is 56.5 Å². The largest absolute Gasteiger partial charge is 0.203 e. The zero-order chi connectivity index (χ0) is 30.9. The molecule has 6 rings (SSSR count). The van der Waals surface area contributed by atoms with Gasteiger partial charge in [-0.3, -0.25) is 0 Å². The third-order valence-corrected chi connectivity index (χ3v) is 33.6. The Morgan fingerprint density at radius 2 is 0.558 bits per heavy atom. The molecule has 0 atom stereocenters. The molecule has 4 aromatic rings. The average molecular weight is 769 g/mol. The molecule has 5 heteroatoms. The third-order valence-electron chi connectivity index (χ3n) is 11.0. The number of rotatable bonds is 4. The molecular weight excluding hydrogens is 717 g/mol. The summed E-state index contributed by atoms with van der Waals surface area (Å²) in [5.41, 5.74) is 12.5. The second-order valence-electron chi connectivity index (χ2n) is 17.5. The van der Waals surface area contributed by atoms with E-state index >= 15 is 0 Å². The fourth-order valence-corrected chi connectivity index (χ4v) is 40.2. The molecule has 0 saturated heterocycles. The van der Waals surface area contributed by atoms with Crippen LogP contribution in [0, 0.1) is 40.4 Å². The zero-order valence-electron chi connectivity index (χ0n) is 28.8. The van der Waals surface area contributed by atoms with E-state index in [1.807, 2.05) is 0 Å². The van der Waals surface area contributed by atoms with Crippen LogP contribution < -0.4 is 0 Å². The van der Waals surface area contributed by atoms with Crippen molar-refractivity contribution < 1.29 is 40.4 Å². The van der Waals surface area contributed by atoms with Gasteiger partial charge in [-0.1, -0.05) is 159 Å². The topological polar surface area (TPSA) is 0 Å². The Hall–Kier alpha value is -0.284. The Balaban J connectivity index is 0.000000192. The van der Waals surface area contributed by atoms with Gasteiger partial charge in [-0.15, -0.1) is 7.80 Å². The van der Waals surface area contributed by atoms with Crippen LogP contribution >= 0.6 is 0 Å². The minimum Gasteiger partial charge on any atom is -0.203 e. The van der Waals surface area contributed by atoms with Crippen LogP contribution in [0.3, 0.4) is 0 Å².